The minimum absolute atomic E-state index is 0.0116. The van der Waals surface area contributed by atoms with Crippen LogP contribution in [0.15, 0.2) is 18.3 Å². The summed E-state index contributed by atoms with van der Waals surface area (Å²) in [5, 5.41) is 0. The molecule has 0 N–H and O–H groups in total. The second-order valence-corrected chi connectivity index (χ2v) is 9.70. The summed E-state index contributed by atoms with van der Waals surface area (Å²) in [5.41, 5.74) is 0.685. The SMILES string of the molecule is CC(C)n1cccc1C(=O)N1CC2CCC1CN(S(=O)(=O)N(C)C)C2. The molecule has 25 heavy (non-hydrogen) atoms. The highest BCUT2D eigenvalue weighted by Crippen LogP contribution is 2.31. The highest BCUT2D eigenvalue weighted by atomic mass is 32.2. The van der Waals surface area contributed by atoms with E-state index in [0.29, 0.717) is 25.3 Å². The summed E-state index contributed by atoms with van der Waals surface area (Å²) >= 11 is 0. The number of aromatic nitrogens is 1. The Morgan fingerprint density at radius 3 is 2.56 bits per heavy atom. The van der Waals surface area contributed by atoms with E-state index in [1.807, 2.05) is 27.8 Å². The van der Waals surface area contributed by atoms with Crippen molar-refractivity contribution < 1.29 is 13.2 Å². The molecule has 0 radical (unpaired) electrons. The van der Waals surface area contributed by atoms with Crippen molar-refractivity contribution in [1.82, 2.24) is 18.1 Å². The third kappa shape index (κ3) is 3.35. The van der Waals surface area contributed by atoms with Gasteiger partial charge in [0.05, 0.1) is 0 Å². The van der Waals surface area contributed by atoms with Crippen molar-refractivity contribution >= 4 is 16.1 Å². The van der Waals surface area contributed by atoms with E-state index in [1.165, 1.54) is 4.31 Å². The zero-order chi connectivity index (χ0) is 18.4. The predicted octanol–water partition coefficient (Wildman–Crippen LogP) is 1.41. The fraction of sp³-hybridized carbons (Fsp3) is 0.706. The Morgan fingerprint density at radius 2 is 1.92 bits per heavy atom. The van der Waals surface area contributed by atoms with Gasteiger partial charge < -0.3 is 9.47 Å². The maximum absolute atomic E-state index is 13.1. The molecule has 2 atom stereocenters. The van der Waals surface area contributed by atoms with E-state index < -0.39 is 10.2 Å². The van der Waals surface area contributed by atoms with E-state index in [4.69, 9.17) is 0 Å². The van der Waals surface area contributed by atoms with Crippen LogP contribution in [0.25, 0.3) is 0 Å². The summed E-state index contributed by atoms with van der Waals surface area (Å²) in [7, 11) is -0.338. The van der Waals surface area contributed by atoms with Crippen LogP contribution < -0.4 is 0 Å². The standard InChI is InChI=1S/C17H28N4O3S/c1-13(2)20-9-5-6-16(20)17(22)21-11-14-7-8-15(21)12-19(10-14)25(23,24)18(3)4/h5-6,9,13-15H,7-8,10-12H2,1-4H3. The quantitative estimate of drug-likeness (QED) is 0.807. The summed E-state index contributed by atoms with van der Waals surface area (Å²) in [6.45, 7) is 5.61. The van der Waals surface area contributed by atoms with Crippen molar-refractivity contribution in [2.45, 2.75) is 38.8 Å². The topological polar surface area (TPSA) is 65.9 Å². The molecule has 0 saturated carbocycles. The molecular weight excluding hydrogens is 340 g/mol. The molecule has 1 aromatic rings. The smallest absolute Gasteiger partial charge is 0.281 e. The van der Waals surface area contributed by atoms with Gasteiger partial charge in [-0.05, 0) is 44.7 Å². The van der Waals surface area contributed by atoms with E-state index >= 15 is 0 Å². The third-order valence-corrected chi connectivity index (χ3v) is 7.16. The van der Waals surface area contributed by atoms with Crippen molar-refractivity contribution in [3.8, 4) is 0 Å². The first kappa shape index (κ1) is 18.4. The van der Waals surface area contributed by atoms with Gasteiger partial charge in [-0.1, -0.05) is 0 Å². The molecule has 0 aliphatic carbocycles. The first-order chi connectivity index (χ1) is 11.7. The van der Waals surface area contributed by atoms with Crippen LogP contribution in [0.4, 0.5) is 0 Å². The molecule has 4 rings (SSSR count). The lowest BCUT2D eigenvalue weighted by molar-refractivity contribution is 0.0576. The Morgan fingerprint density at radius 1 is 1.20 bits per heavy atom. The first-order valence-corrected chi connectivity index (χ1v) is 10.3. The van der Waals surface area contributed by atoms with Gasteiger partial charge in [-0.15, -0.1) is 0 Å². The molecule has 3 aliphatic heterocycles. The second-order valence-electron chi connectivity index (χ2n) is 7.56. The average Bonchev–Trinajstić information content (AvgIpc) is 2.86. The lowest BCUT2D eigenvalue weighted by Gasteiger charge is -2.36. The Hall–Kier alpha value is -1.38. The number of fused-ring (bicyclic) bond motifs is 4. The van der Waals surface area contributed by atoms with Crippen molar-refractivity contribution in [1.29, 1.82) is 0 Å². The van der Waals surface area contributed by atoms with Gasteiger partial charge in [0.15, 0.2) is 0 Å². The Labute approximate surface area is 150 Å². The molecule has 0 aromatic carbocycles. The van der Waals surface area contributed by atoms with Gasteiger partial charge in [-0.3, -0.25) is 4.79 Å². The molecule has 1 aromatic heterocycles. The van der Waals surface area contributed by atoms with Gasteiger partial charge in [0, 0.05) is 52.0 Å². The normalized spacial score (nSPS) is 25.0. The van der Waals surface area contributed by atoms with Crippen LogP contribution in [0, 0.1) is 5.92 Å². The molecule has 2 bridgehead atoms. The van der Waals surface area contributed by atoms with E-state index in [-0.39, 0.29) is 23.9 Å². The number of hydrogen-bond acceptors (Lipinski definition) is 3. The molecule has 3 aliphatic rings. The number of carbonyl (C=O) groups is 1. The molecule has 4 heterocycles. The van der Waals surface area contributed by atoms with Crippen LogP contribution in [0.2, 0.25) is 0 Å². The fourth-order valence-electron chi connectivity index (χ4n) is 3.88. The number of hydrogen-bond donors (Lipinski definition) is 0. The maximum atomic E-state index is 13.1. The van der Waals surface area contributed by atoms with E-state index in [2.05, 4.69) is 13.8 Å². The molecule has 7 nitrogen and oxygen atoms in total. The highest BCUT2D eigenvalue weighted by molar-refractivity contribution is 7.86. The highest BCUT2D eigenvalue weighted by Gasteiger charge is 2.41. The Balaban J connectivity index is 1.86. The fourth-order valence-corrected chi connectivity index (χ4v) is 5.10. The molecule has 1 amide bonds. The second kappa shape index (κ2) is 6.74. The van der Waals surface area contributed by atoms with Crippen molar-refractivity contribution in [2.24, 2.45) is 5.92 Å². The zero-order valence-corrected chi connectivity index (χ0v) is 16.2. The average molecular weight is 369 g/mol. The number of amides is 1. The van der Waals surface area contributed by atoms with Crippen LogP contribution in [-0.4, -0.2) is 72.2 Å². The molecule has 8 heteroatoms. The Kier molecular flexibility index (Phi) is 4.96. The monoisotopic (exact) mass is 368 g/mol. The molecule has 3 saturated heterocycles. The summed E-state index contributed by atoms with van der Waals surface area (Å²) in [4.78, 5) is 15.0. The summed E-state index contributed by atoms with van der Waals surface area (Å²) in [6.07, 6.45) is 3.76. The molecule has 0 spiro atoms. The van der Waals surface area contributed by atoms with Gasteiger partial charge in [0.1, 0.15) is 5.69 Å². The maximum Gasteiger partial charge on any atom is 0.281 e. The van der Waals surface area contributed by atoms with E-state index in [1.54, 1.807) is 18.4 Å². The molecule has 3 fully saturated rings. The van der Waals surface area contributed by atoms with Gasteiger partial charge >= 0.3 is 0 Å². The van der Waals surface area contributed by atoms with Gasteiger partial charge in [0.25, 0.3) is 16.1 Å². The van der Waals surface area contributed by atoms with Gasteiger partial charge in [-0.2, -0.15) is 17.0 Å². The number of nitrogens with zero attached hydrogens (tertiary/aromatic N) is 4. The van der Waals surface area contributed by atoms with Crippen LogP contribution in [0.3, 0.4) is 0 Å². The minimum atomic E-state index is -3.45. The number of rotatable bonds is 4. The largest absolute Gasteiger partial charge is 0.341 e. The van der Waals surface area contributed by atoms with Gasteiger partial charge in [-0.25, -0.2) is 0 Å². The zero-order valence-electron chi connectivity index (χ0n) is 15.4. The van der Waals surface area contributed by atoms with Crippen molar-refractivity contribution in [3.05, 3.63) is 24.0 Å². The number of carbonyl (C=O) groups excluding carboxylic acids is 1. The summed E-state index contributed by atoms with van der Waals surface area (Å²) in [6, 6.07) is 3.90. The lowest BCUT2D eigenvalue weighted by Crippen LogP contribution is -2.49. The molecule has 2 unspecified atom stereocenters. The molecule has 140 valence electrons. The summed E-state index contributed by atoms with van der Waals surface area (Å²) < 4.78 is 29.9. The third-order valence-electron chi connectivity index (χ3n) is 5.28. The predicted molar refractivity (Wildman–Crippen MR) is 96.5 cm³/mol. The van der Waals surface area contributed by atoms with E-state index in [9.17, 15) is 13.2 Å². The molecular formula is C17H28N4O3S. The lowest BCUT2D eigenvalue weighted by atomic mass is 9.94. The van der Waals surface area contributed by atoms with Crippen LogP contribution in [0.1, 0.15) is 43.2 Å². The van der Waals surface area contributed by atoms with E-state index in [0.717, 1.165) is 12.8 Å². The van der Waals surface area contributed by atoms with Crippen molar-refractivity contribution in [3.63, 3.8) is 0 Å². The minimum Gasteiger partial charge on any atom is -0.341 e. The summed E-state index contributed by atoms with van der Waals surface area (Å²) in [5.74, 6) is 0.206. The van der Waals surface area contributed by atoms with Crippen LogP contribution in [-0.2, 0) is 10.2 Å². The van der Waals surface area contributed by atoms with Crippen LogP contribution >= 0.6 is 0 Å². The van der Waals surface area contributed by atoms with Crippen LogP contribution in [0.5, 0.6) is 0 Å². The first-order valence-electron chi connectivity index (χ1n) is 8.87. The Bertz CT molecular complexity index is 741. The number of piperidine rings is 1. The van der Waals surface area contributed by atoms with Crippen molar-refractivity contribution in [2.75, 3.05) is 33.7 Å². The van der Waals surface area contributed by atoms with Gasteiger partial charge in [0.2, 0.25) is 0 Å².